The van der Waals surface area contributed by atoms with Gasteiger partial charge in [-0.25, -0.2) is 4.98 Å². The monoisotopic (exact) mass is 326 g/mol. The SMILES string of the molecule is C.CC(C)(C)[C@@H]1C[C@@H](Oc2ccc(Cl)cn2)CN1C(C)(C)C. The highest BCUT2D eigenvalue weighted by Crippen LogP contribution is 2.38. The quantitative estimate of drug-likeness (QED) is 0.761. The van der Waals surface area contributed by atoms with Gasteiger partial charge in [0.05, 0.1) is 5.02 Å². The molecular formula is C18H31ClN2O. The summed E-state index contributed by atoms with van der Waals surface area (Å²) >= 11 is 5.87. The zero-order chi connectivity index (χ0) is 15.8. The Labute approximate surface area is 141 Å². The summed E-state index contributed by atoms with van der Waals surface area (Å²) in [6, 6.07) is 4.17. The highest BCUT2D eigenvalue weighted by molar-refractivity contribution is 6.30. The van der Waals surface area contributed by atoms with Crippen molar-refractivity contribution in [1.82, 2.24) is 9.88 Å². The molecule has 0 saturated carbocycles. The molecule has 0 bridgehead atoms. The minimum atomic E-state index is 0. The van der Waals surface area contributed by atoms with Crippen LogP contribution in [0.25, 0.3) is 0 Å². The minimum absolute atomic E-state index is 0. The van der Waals surface area contributed by atoms with Crippen molar-refractivity contribution in [2.75, 3.05) is 6.54 Å². The zero-order valence-electron chi connectivity index (χ0n) is 14.0. The molecule has 0 spiro atoms. The topological polar surface area (TPSA) is 25.4 Å². The molecule has 4 heteroatoms. The third kappa shape index (κ3) is 4.60. The average Bonchev–Trinajstić information content (AvgIpc) is 2.76. The second-order valence-electron chi connectivity index (χ2n) is 8.00. The van der Waals surface area contributed by atoms with Crippen LogP contribution in [0.2, 0.25) is 5.02 Å². The van der Waals surface area contributed by atoms with Gasteiger partial charge in [0.1, 0.15) is 6.10 Å². The van der Waals surface area contributed by atoms with Gasteiger partial charge in [0.25, 0.3) is 0 Å². The van der Waals surface area contributed by atoms with Crippen LogP contribution in [0.4, 0.5) is 0 Å². The standard InChI is InChI=1S/C17H27ClN2O.CH4/c1-16(2,3)14-9-13(11-20(14)17(4,5)6)21-15-8-7-12(18)10-19-15;/h7-8,10,13-14H,9,11H2,1-6H3;1H4/t13-,14+;/m1./s1. The summed E-state index contributed by atoms with van der Waals surface area (Å²) in [7, 11) is 0. The molecule has 0 aliphatic carbocycles. The molecule has 1 saturated heterocycles. The summed E-state index contributed by atoms with van der Waals surface area (Å²) in [6.07, 6.45) is 2.85. The number of halogens is 1. The van der Waals surface area contributed by atoms with Gasteiger partial charge in [-0.2, -0.15) is 0 Å². The molecule has 1 fully saturated rings. The van der Waals surface area contributed by atoms with Crippen molar-refractivity contribution in [2.45, 2.75) is 73.1 Å². The van der Waals surface area contributed by atoms with E-state index in [1.54, 1.807) is 6.20 Å². The van der Waals surface area contributed by atoms with Gasteiger partial charge in [-0.1, -0.05) is 39.8 Å². The fraction of sp³-hybridized carbons (Fsp3) is 0.722. The van der Waals surface area contributed by atoms with Crippen molar-refractivity contribution in [3.63, 3.8) is 0 Å². The molecule has 1 aliphatic rings. The Kier molecular flexibility index (Phi) is 5.91. The van der Waals surface area contributed by atoms with E-state index >= 15 is 0 Å². The molecule has 2 heterocycles. The molecule has 0 radical (unpaired) electrons. The van der Waals surface area contributed by atoms with E-state index in [-0.39, 0.29) is 24.5 Å². The molecule has 1 aromatic rings. The Hall–Kier alpha value is -0.800. The van der Waals surface area contributed by atoms with Crippen LogP contribution in [-0.4, -0.2) is 34.1 Å². The van der Waals surface area contributed by atoms with E-state index in [1.807, 2.05) is 12.1 Å². The first-order valence-corrected chi connectivity index (χ1v) is 8.00. The lowest BCUT2D eigenvalue weighted by Crippen LogP contribution is -2.49. The number of aromatic nitrogens is 1. The third-order valence-electron chi connectivity index (χ3n) is 4.11. The summed E-state index contributed by atoms with van der Waals surface area (Å²) in [6.45, 7) is 14.7. The molecule has 1 aliphatic heterocycles. The van der Waals surface area contributed by atoms with Crippen LogP contribution in [0.1, 0.15) is 55.4 Å². The van der Waals surface area contributed by atoms with E-state index < -0.39 is 0 Å². The van der Waals surface area contributed by atoms with Crippen LogP contribution in [0, 0.1) is 5.41 Å². The van der Waals surface area contributed by atoms with Crippen molar-refractivity contribution in [1.29, 1.82) is 0 Å². The fourth-order valence-electron chi connectivity index (χ4n) is 3.05. The number of hydrogen-bond acceptors (Lipinski definition) is 3. The maximum Gasteiger partial charge on any atom is 0.213 e. The van der Waals surface area contributed by atoms with E-state index in [0.29, 0.717) is 16.9 Å². The first-order chi connectivity index (χ1) is 9.57. The first kappa shape index (κ1) is 19.2. The Morgan fingerprint density at radius 1 is 1.18 bits per heavy atom. The van der Waals surface area contributed by atoms with Crippen LogP contribution >= 0.6 is 11.6 Å². The maximum absolute atomic E-state index is 6.07. The van der Waals surface area contributed by atoms with Crippen molar-refractivity contribution >= 4 is 11.6 Å². The molecule has 22 heavy (non-hydrogen) atoms. The average molecular weight is 327 g/mol. The Morgan fingerprint density at radius 3 is 2.23 bits per heavy atom. The maximum atomic E-state index is 6.07. The zero-order valence-corrected chi connectivity index (χ0v) is 14.7. The largest absolute Gasteiger partial charge is 0.473 e. The number of ether oxygens (including phenoxy) is 1. The van der Waals surface area contributed by atoms with Crippen LogP contribution in [0.15, 0.2) is 18.3 Å². The van der Waals surface area contributed by atoms with E-state index in [1.165, 1.54) is 0 Å². The van der Waals surface area contributed by atoms with Crippen LogP contribution < -0.4 is 4.74 Å². The number of hydrogen-bond donors (Lipinski definition) is 0. The van der Waals surface area contributed by atoms with Gasteiger partial charge in [-0.3, -0.25) is 4.90 Å². The number of likely N-dealkylation sites (tertiary alicyclic amines) is 1. The highest BCUT2D eigenvalue weighted by atomic mass is 35.5. The summed E-state index contributed by atoms with van der Waals surface area (Å²) < 4.78 is 6.07. The highest BCUT2D eigenvalue weighted by Gasteiger charge is 2.44. The number of rotatable bonds is 2. The summed E-state index contributed by atoms with van der Waals surface area (Å²) in [5.41, 5.74) is 0.377. The second kappa shape index (κ2) is 6.76. The van der Waals surface area contributed by atoms with Gasteiger partial charge >= 0.3 is 0 Å². The predicted molar refractivity (Wildman–Crippen MR) is 94.7 cm³/mol. The molecule has 3 nitrogen and oxygen atoms in total. The normalized spacial score (nSPS) is 23.2. The van der Waals surface area contributed by atoms with Crippen LogP contribution in [0.5, 0.6) is 5.88 Å². The van der Waals surface area contributed by atoms with Gasteiger partial charge in [0.15, 0.2) is 0 Å². The Morgan fingerprint density at radius 2 is 1.82 bits per heavy atom. The lowest BCUT2D eigenvalue weighted by molar-refractivity contribution is 0.0557. The van der Waals surface area contributed by atoms with Crippen molar-refractivity contribution in [3.8, 4) is 5.88 Å². The molecule has 0 unspecified atom stereocenters. The molecule has 0 N–H and O–H groups in total. The van der Waals surface area contributed by atoms with E-state index in [4.69, 9.17) is 16.3 Å². The molecule has 2 rings (SSSR count). The van der Waals surface area contributed by atoms with Crippen molar-refractivity contribution < 1.29 is 4.74 Å². The lowest BCUT2D eigenvalue weighted by Gasteiger charge is -2.42. The lowest BCUT2D eigenvalue weighted by atomic mass is 9.83. The predicted octanol–water partition coefficient (Wildman–Crippen LogP) is 5.04. The minimum Gasteiger partial charge on any atom is -0.473 e. The van der Waals surface area contributed by atoms with Crippen molar-refractivity contribution in [3.05, 3.63) is 23.4 Å². The molecule has 0 amide bonds. The van der Waals surface area contributed by atoms with E-state index in [0.717, 1.165) is 13.0 Å². The number of nitrogens with zero attached hydrogens (tertiary/aromatic N) is 2. The van der Waals surface area contributed by atoms with E-state index in [2.05, 4.69) is 51.4 Å². The molecule has 0 aromatic carbocycles. The molecule has 1 aromatic heterocycles. The van der Waals surface area contributed by atoms with Crippen molar-refractivity contribution in [2.24, 2.45) is 5.41 Å². The Balaban J connectivity index is 0.00000242. The van der Waals surface area contributed by atoms with Crippen LogP contribution in [-0.2, 0) is 0 Å². The number of pyridine rings is 1. The third-order valence-corrected chi connectivity index (χ3v) is 4.34. The molecule has 126 valence electrons. The van der Waals surface area contributed by atoms with Gasteiger partial charge in [0, 0.05) is 36.8 Å². The second-order valence-corrected chi connectivity index (χ2v) is 8.43. The van der Waals surface area contributed by atoms with Crippen LogP contribution in [0.3, 0.4) is 0 Å². The smallest absolute Gasteiger partial charge is 0.213 e. The fourth-order valence-corrected chi connectivity index (χ4v) is 3.16. The molecular weight excluding hydrogens is 296 g/mol. The summed E-state index contributed by atoms with van der Waals surface area (Å²) in [5, 5.41) is 0.637. The van der Waals surface area contributed by atoms with Gasteiger partial charge < -0.3 is 4.74 Å². The summed E-state index contributed by atoms with van der Waals surface area (Å²) in [4.78, 5) is 6.81. The summed E-state index contributed by atoms with van der Waals surface area (Å²) in [5.74, 6) is 0.660. The molecule has 2 atom stereocenters. The van der Waals surface area contributed by atoms with Gasteiger partial charge in [-0.05, 0) is 32.3 Å². The van der Waals surface area contributed by atoms with Gasteiger partial charge in [-0.15, -0.1) is 0 Å². The van der Waals surface area contributed by atoms with E-state index in [9.17, 15) is 0 Å². The van der Waals surface area contributed by atoms with Gasteiger partial charge in [0.2, 0.25) is 5.88 Å². The first-order valence-electron chi connectivity index (χ1n) is 7.62. The Bertz CT molecular complexity index is 451.